The molecule has 0 aliphatic carbocycles. The Labute approximate surface area is 149 Å². The van der Waals surface area contributed by atoms with Gasteiger partial charge in [0.15, 0.2) is 0 Å². The summed E-state index contributed by atoms with van der Waals surface area (Å²) in [6, 6.07) is 8.12. The molecule has 1 aromatic carbocycles. The molecule has 1 saturated heterocycles. The third-order valence-corrected chi connectivity index (χ3v) is 4.78. The largest absolute Gasteiger partial charge is 0.381 e. The molecule has 136 valence electrons. The van der Waals surface area contributed by atoms with Crippen molar-refractivity contribution < 1.29 is 9.53 Å². The molecule has 1 atom stereocenters. The summed E-state index contributed by atoms with van der Waals surface area (Å²) in [4.78, 5) is 18.9. The first-order valence-corrected chi connectivity index (χ1v) is 9.20. The fourth-order valence-corrected chi connectivity index (χ4v) is 3.36. The van der Waals surface area contributed by atoms with Crippen molar-refractivity contribution in [3.8, 4) is 0 Å². The summed E-state index contributed by atoms with van der Waals surface area (Å²) >= 11 is 0. The molecule has 0 spiro atoms. The standard InChI is InChI=1S/C19H28N4O2/c1-3-12-25-14-15-9-11-23(13-15)19(24)20-10-8-18-21-16-6-4-5-7-17(16)22(18)2/h4-7,15H,3,8-14H2,1-2H3,(H,20,24). The number of nitrogens with zero attached hydrogens (tertiary/aromatic N) is 3. The molecule has 1 N–H and O–H groups in total. The van der Waals surface area contributed by atoms with E-state index in [-0.39, 0.29) is 6.03 Å². The molecule has 1 fully saturated rings. The second-order valence-corrected chi connectivity index (χ2v) is 6.73. The molecule has 2 heterocycles. The van der Waals surface area contributed by atoms with E-state index < -0.39 is 0 Å². The first-order chi connectivity index (χ1) is 12.2. The molecular formula is C19H28N4O2. The number of ether oxygens (including phenoxy) is 1. The molecule has 2 amide bonds. The molecule has 1 unspecified atom stereocenters. The van der Waals surface area contributed by atoms with Crippen molar-refractivity contribution in [3.05, 3.63) is 30.1 Å². The quantitative estimate of drug-likeness (QED) is 0.786. The zero-order valence-electron chi connectivity index (χ0n) is 15.2. The molecule has 6 heteroatoms. The van der Waals surface area contributed by atoms with E-state index in [0.717, 1.165) is 62.4 Å². The van der Waals surface area contributed by atoms with Crippen LogP contribution in [0.3, 0.4) is 0 Å². The van der Waals surface area contributed by atoms with E-state index in [4.69, 9.17) is 4.74 Å². The first kappa shape index (κ1) is 17.7. The number of para-hydroxylation sites is 2. The van der Waals surface area contributed by atoms with E-state index in [2.05, 4.69) is 27.9 Å². The van der Waals surface area contributed by atoms with E-state index >= 15 is 0 Å². The highest BCUT2D eigenvalue weighted by molar-refractivity contribution is 5.76. The van der Waals surface area contributed by atoms with Crippen molar-refractivity contribution in [2.75, 3.05) is 32.8 Å². The molecule has 0 saturated carbocycles. The maximum atomic E-state index is 12.3. The predicted molar refractivity (Wildman–Crippen MR) is 98.6 cm³/mol. The summed E-state index contributed by atoms with van der Waals surface area (Å²) in [6.45, 7) is 5.89. The lowest BCUT2D eigenvalue weighted by Crippen LogP contribution is -2.39. The van der Waals surface area contributed by atoms with Crippen molar-refractivity contribution in [2.24, 2.45) is 13.0 Å². The number of urea groups is 1. The Morgan fingerprint density at radius 1 is 1.40 bits per heavy atom. The number of carbonyl (C=O) groups excluding carboxylic acids is 1. The number of fused-ring (bicyclic) bond motifs is 1. The van der Waals surface area contributed by atoms with Gasteiger partial charge in [0, 0.05) is 45.6 Å². The van der Waals surface area contributed by atoms with E-state index in [1.54, 1.807) is 0 Å². The normalized spacial score (nSPS) is 17.4. The van der Waals surface area contributed by atoms with Crippen molar-refractivity contribution >= 4 is 17.1 Å². The Kier molecular flexibility index (Phi) is 5.91. The molecule has 1 aliphatic heterocycles. The maximum absolute atomic E-state index is 12.3. The van der Waals surface area contributed by atoms with Crippen LogP contribution in [0.25, 0.3) is 11.0 Å². The third kappa shape index (κ3) is 4.31. The number of benzene rings is 1. The monoisotopic (exact) mass is 344 g/mol. The smallest absolute Gasteiger partial charge is 0.317 e. The Hall–Kier alpha value is -2.08. The molecule has 25 heavy (non-hydrogen) atoms. The molecule has 0 radical (unpaired) electrons. The second-order valence-electron chi connectivity index (χ2n) is 6.73. The minimum Gasteiger partial charge on any atom is -0.381 e. The number of aromatic nitrogens is 2. The number of carbonyl (C=O) groups is 1. The molecular weight excluding hydrogens is 316 g/mol. The van der Waals surface area contributed by atoms with Gasteiger partial charge in [-0.05, 0) is 25.0 Å². The molecule has 1 aliphatic rings. The maximum Gasteiger partial charge on any atom is 0.317 e. The highest BCUT2D eigenvalue weighted by Gasteiger charge is 2.26. The van der Waals surface area contributed by atoms with Gasteiger partial charge >= 0.3 is 6.03 Å². The van der Waals surface area contributed by atoms with Crippen molar-refractivity contribution in [2.45, 2.75) is 26.2 Å². The van der Waals surface area contributed by atoms with E-state index in [1.165, 1.54) is 0 Å². The van der Waals surface area contributed by atoms with Crippen LogP contribution >= 0.6 is 0 Å². The van der Waals surface area contributed by atoms with Crippen molar-refractivity contribution in [1.82, 2.24) is 19.8 Å². The van der Waals surface area contributed by atoms with E-state index in [0.29, 0.717) is 12.5 Å². The Balaban J connectivity index is 1.44. The van der Waals surface area contributed by atoms with E-state index in [1.807, 2.05) is 30.1 Å². The third-order valence-electron chi connectivity index (χ3n) is 4.78. The molecule has 3 rings (SSSR count). The van der Waals surface area contributed by atoms with Crippen molar-refractivity contribution in [1.29, 1.82) is 0 Å². The van der Waals surface area contributed by atoms with Gasteiger partial charge in [-0.15, -0.1) is 0 Å². The number of imidazole rings is 1. The number of hydrogen-bond acceptors (Lipinski definition) is 3. The average molecular weight is 344 g/mol. The highest BCUT2D eigenvalue weighted by Crippen LogP contribution is 2.17. The lowest BCUT2D eigenvalue weighted by Gasteiger charge is -2.17. The van der Waals surface area contributed by atoms with Gasteiger partial charge in [0.2, 0.25) is 0 Å². The minimum absolute atomic E-state index is 0.0248. The SMILES string of the molecule is CCCOCC1CCN(C(=O)NCCc2nc3ccccc3n2C)C1. The summed E-state index contributed by atoms with van der Waals surface area (Å²) in [5.41, 5.74) is 2.12. The molecule has 0 bridgehead atoms. The van der Waals surface area contributed by atoms with Crippen molar-refractivity contribution in [3.63, 3.8) is 0 Å². The van der Waals surface area contributed by atoms with Gasteiger partial charge < -0.3 is 19.5 Å². The number of hydrogen-bond donors (Lipinski definition) is 1. The number of rotatable bonds is 7. The van der Waals surface area contributed by atoms with Crippen LogP contribution in [-0.4, -0.2) is 53.3 Å². The highest BCUT2D eigenvalue weighted by atomic mass is 16.5. The van der Waals surface area contributed by atoms with Gasteiger partial charge in [-0.2, -0.15) is 0 Å². The minimum atomic E-state index is 0.0248. The Morgan fingerprint density at radius 3 is 3.04 bits per heavy atom. The predicted octanol–water partition coefficient (Wildman–Crippen LogP) is 2.57. The average Bonchev–Trinajstić information content (AvgIpc) is 3.21. The van der Waals surface area contributed by atoms with Gasteiger partial charge in [0.05, 0.1) is 17.6 Å². The fraction of sp³-hybridized carbons (Fsp3) is 0.579. The summed E-state index contributed by atoms with van der Waals surface area (Å²) in [6.07, 6.45) is 2.80. The van der Waals surface area contributed by atoms with Crippen LogP contribution in [0.2, 0.25) is 0 Å². The van der Waals surface area contributed by atoms with Gasteiger partial charge in [-0.3, -0.25) is 0 Å². The van der Waals surface area contributed by atoms with Crippen LogP contribution in [0, 0.1) is 5.92 Å². The van der Waals surface area contributed by atoms with Crippen LogP contribution in [-0.2, 0) is 18.2 Å². The number of aryl methyl sites for hydroxylation is 1. The topological polar surface area (TPSA) is 59.4 Å². The summed E-state index contributed by atoms with van der Waals surface area (Å²) in [5, 5.41) is 3.03. The Bertz CT molecular complexity index is 713. The second kappa shape index (κ2) is 8.34. The van der Waals surface area contributed by atoms with Gasteiger partial charge in [0.25, 0.3) is 0 Å². The van der Waals surface area contributed by atoms with Gasteiger partial charge in [-0.1, -0.05) is 19.1 Å². The van der Waals surface area contributed by atoms with Crippen LogP contribution < -0.4 is 5.32 Å². The number of amides is 2. The zero-order valence-corrected chi connectivity index (χ0v) is 15.2. The Morgan fingerprint density at radius 2 is 2.24 bits per heavy atom. The first-order valence-electron chi connectivity index (χ1n) is 9.20. The zero-order chi connectivity index (χ0) is 17.6. The number of likely N-dealkylation sites (tertiary alicyclic amines) is 1. The summed E-state index contributed by atoms with van der Waals surface area (Å²) < 4.78 is 7.70. The summed E-state index contributed by atoms with van der Waals surface area (Å²) in [7, 11) is 2.02. The van der Waals surface area contributed by atoms with E-state index in [9.17, 15) is 4.79 Å². The summed E-state index contributed by atoms with van der Waals surface area (Å²) in [5.74, 6) is 1.46. The molecule has 2 aromatic rings. The molecule has 6 nitrogen and oxygen atoms in total. The van der Waals surface area contributed by atoms with Crippen LogP contribution in [0.5, 0.6) is 0 Å². The molecule has 1 aromatic heterocycles. The van der Waals surface area contributed by atoms with Crippen LogP contribution in [0.15, 0.2) is 24.3 Å². The fourth-order valence-electron chi connectivity index (χ4n) is 3.36. The van der Waals surface area contributed by atoms with Crippen LogP contribution in [0.4, 0.5) is 4.79 Å². The van der Waals surface area contributed by atoms with Crippen LogP contribution in [0.1, 0.15) is 25.6 Å². The lowest BCUT2D eigenvalue weighted by atomic mass is 10.1. The van der Waals surface area contributed by atoms with Gasteiger partial charge in [-0.25, -0.2) is 9.78 Å². The lowest BCUT2D eigenvalue weighted by molar-refractivity contribution is 0.102. The number of nitrogens with one attached hydrogen (secondary N) is 1. The van der Waals surface area contributed by atoms with Gasteiger partial charge in [0.1, 0.15) is 5.82 Å².